The summed E-state index contributed by atoms with van der Waals surface area (Å²) in [4.78, 5) is 23.2. The first kappa shape index (κ1) is 24.3. The standard InChI is InChI=1S/C21H22N4O9/c1-31-12-7-5-11(6-8-12)10-24-17(21(27)28)15(22-23-24)18(26)13-9-14(32-2)19(33-3)20(34-4)16(13)25(29)30/h5-9,18,26H,10H2,1-4H3,(H,27,28). The van der Waals surface area contributed by atoms with Crippen LogP contribution in [-0.2, 0) is 6.54 Å². The molecule has 0 fully saturated rings. The third kappa shape index (κ3) is 4.41. The molecule has 0 spiro atoms. The maximum absolute atomic E-state index is 12.1. The van der Waals surface area contributed by atoms with E-state index in [4.69, 9.17) is 18.9 Å². The molecule has 0 bridgehead atoms. The van der Waals surface area contributed by atoms with Crippen LogP contribution < -0.4 is 18.9 Å². The SMILES string of the molecule is COc1ccc(Cn2nnc(C(O)c3cc(OC)c(OC)c(OC)c3[N+](=O)[O-])c2C(=O)O)cc1. The summed E-state index contributed by atoms with van der Waals surface area (Å²) in [6.07, 6.45) is -1.84. The molecule has 0 radical (unpaired) electrons. The van der Waals surface area contributed by atoms with Crippen LogP contribution in [0.4, 0.5) is 5.69 Å². The van der Waals surface area contributed by atoms with E-state index in [1.807, 2.05) is 0 Å². The Balaban J connectivity index is 2.13. The number of aliphatic hydroxyl groups excluding tert-OH is 1. The molecule has 0 saturated heterocycles. The van der Waals surface area contributed by atoms with E-state index in [1.165, 1.54) is 28.4 Å². The lowest BCUT2D eigenvalue weighted by Gasteiger charge is -2.17. The average Bonchev–Trinajstić information content (AvgIpc) is 3.26. The molecule has 1 unspecified atom stereocenters. The van der Waals surface area contributed by atoms with Gasteiger partial charge in [-0.1, -0.05) is 17.3 Å². The first-order valence-electron chi connectivity index (χ1n) is 9.72. The number of carbonyl (C=O) groups is 1. The second kappa shape index (κ2) is 10.0. The van der Waals surface area contributed by atoms with Crippen LogP contribution >= 0.6 is 0 Å². The number of nitrogens with zero attached hydrogens (tertiary/aromatic N) is 4. The van der Waals surface area contributed by atoms with Gasteiger partial charge in [-0.25, -0.2) is 9.48 Å². The van der Waals surface area contributed by atoms with Crippen LogP contribution in [-0.4, -0.2) is 64.5 Å². The van der Waals surface area contributed by atoms with E-state index < -0.39 is 34.1 Å². The fourth-order valence-electron chi connectivity index (χ4n) is 3.45. The summed E-state index contributed by atoms with van der Waals surface area (Å²) in [5.41, 5.74) is -1.08. The van der Waals surface area contributed by atoms with Crippen molar-refractivity contribution in [2.75, 3.05) is 28.4 Å². The third-order valence-electron chi connectivity index (χ3n) is 5.02. The molecule has 13 heteroatoms. The molecule has 1 heterocycles. The zero-order valence-corrected chi connectivity index (χ0v) is 18.7. The van der Waals surface area contributed by atoms with E-state index in [0.29, 0.717) is 11.3 Å². The Morgan fingerprint density at radius 3 is 2.24 bits per heavy atom. The number of aliphatic hydroxyl groups is 1. The van der Waals surface area contributed by atoms with E-state index in [2.05, 4.69) is 10.3 Å². The molecule has 0 amide bonds. The Kier molecular flexibility index (Phi) is 7.16. The number of aromatic nitrogens is 3. The van der Waals surface area contributed by atoms with E-state index in [-0.39, 0.29) is 29.4 Å². The highest BCUT2D eigenvalue weighted by Gasteiger charge is 2.36. The number of hydrogen-bond donors (Lipinski definition) is 2. The number of aromatic carboxylic acids is 1. The molecule has 13 nitrogen and oxygen atoms in total. The molecular formula is C21H22N4O9. The van der Waals surface area contributed by atoms with Gasteiger partial charge >= 0.3 is 11.7 Å². The lowest BCUT2D eigenvalue weighted by Crippen LogP contribution is -2.15. The molecule has 3 rings (SSSR count). The lowest BCUT2D eigenvalue weighted by atomic mass is 10.0. The smallest absolute Gasteiger partial charge is 0.356 e. The van der Waals surface area contributed by atoms with Gasteiger partial charge in [-0.15, -0.1) is 5.10 Å². The zero-order valence-electron chi connectivity index (χ0n) is 18.7. The third-order valence-corrected chi connectivity index (χ3v) is 5.02. The van der Waals surface area contributed by atoms with Crippen molar-refractivity contribution in [1.29, 1.82) is 0 Å². The molecule has 2 aromatic carbocycles. The summed E-state index contributed by atoms with van der Waals surface area (Å²) in [5.74, 6) is -1.14. The average molecular weight is 474 g/mol. The Bertz CT molecular complexity index is 1210. The minimum absolute atomic E-state index is 0.0166. The minimum Gasteiger partial charge on any atom is -0.497 e. The van der Waals surface area contributed by atoms with Gasteiger partial charge in [0, 0.05) is 0 Å². The number of methoxy groups -OCH3 is 4. The van der Waals surface area contributed by atoms with Crippen LogP contribution in [0.1, 0.15) is 33.4 Å². The molecule has 34 heavy (non-hydrogen) atoms. The number of nitro groups is 1. The second-order valence-electron chi connectivity index (χ2n) is 6.88. The minimum atomic E-state index is -1.84. The van der Waals surface area contributed by atoms with Crippen molar-refractivity contribution >= 4 is 11.7 Å². The molecule has 0 aliphatic carbocycles. The molecular weight excluding hydrogens is 452 g/mol. The molecule has 0 aliphatic heterocycles. The highest BCUT2D eigenvalue weighted by atomic mass is 16.6. The van der Waals surface area contributed by atoms with Gasteiger partial charge in [-0.3, -0.25) is 10.1 Å². The van der Waals surface area contributed by atoms with Crippen LogP contribution in [0.5, 0.6) is 23.0 Å². The number of carboxylic acids is 1. The van der Waals surface area contributed by atoms with Gasteiger partial charge in [0.15, 0.2) is 11.4 Å². The van der Waals surface area contributed by atoms with Crippen LogP contribution in [0, 0.1) is 10.1 Å². The van der Waals surface area contributed by atoms with E-state index in [1.54, 1.807) is 24.3 Å². The number of nitro benzene ring substituents is 1. The summed E-state index contributed by atoms with van der Waals surface area (Å²) in [6.45, 7) is 0.0166. The van der Waals surface area contributed by atoms with E-state index in [9.17, 15) is 25.1 Å². The van der Waals surface area contributed by atoms with E-state index >= 15 is 0 Å². The highest BCUT2D eigenvalue weighted by molar-refractivity contribution is 5.87. The van der Waals surface area contributed by atoms with Gasteiger partial charge in [-0.2, -0.15) is 0 Å². The Morgan fingerprint density at radius 2 is 1.74 bits per heavy atom. The van der Waals surface area contributed by atoms with Gasteiger partial charge in [0.2, 0.25) is 11.5 Å². The predicted octanol–water partition coefficient (Wildman–Crippen LogP) is 2.05. The summed E-state index contributed by atoms with van der Waals surface area (Å²) >= 11 is 0. The Labute approximate surface area is 193 Å². The number of benzene rings is 2. The summed E-state index contributed by atoms with van der Waals surface area (Å²) in [7, 11) is 5.28. The van der Waals surface area contributed by atoms with Crippen molar-refractivity contribution in [2.45, 2.75) is 12.6 Å². The normalized spacial score (nSPS) is 11.6. The lowest BCUT2D eigenvalue weighted by molar-refractivity contribution is -0.387. The zero-order chi connectivity index (χ0) is 25.0. The van der Waals surface area contributed by atoms with Gasteiger partial charge < -0.3 is 29.2 Å². The van der Waals surface area contributed by atoms with Crippen LogP contribution in [0.25, 0.3) is 0 Å². The van der Waals surface area contributed by atoms with Crippen molar-refractivity contribution in [1.82, 2.24) is 15.0 Å². The van der Waals surface area contributed by atoms with Gasteiger partial charge in [-0.05, 0) is 23.8 Å². The van der Waals surface area contributed by atoms with Crippen molar-refractivity contribution < 1.29 is 38.9 Å². The number of hydrogen-bond acceptors (Lipinski definition) is 10. The van der Waals surface area contributed by atoms with Crippen molar-refractivity contribution in [3.05, 3.63) is 63.0 Å². The van der Waals surface area contributed by atoms with Crippen LogP contribution in [0.15, 0.2) is 30.3 Å². The molecule has 0 aliphatic rings. The molecule has 1 atom stereocenters. The highest BCUT2D eigenvalue weighted by Crippen LogP contribution is 2.48. The van der Waals surface area contributed by atoms with Crippen molar-refractivity contribution in [2.24, 2.45) is 0 Å². The largest absolute Gasteiger partial charge is 0.497 e. The van der Waals surface area contributed by atoms with Crippen LogP contribution in [0.3, 0.4) is 0 Å². The molecule has 1 aromatic heterocycles. The van der Waals surface area contributed by atoms with Gasteiger partial charge in [0.25, 0.3) is 0 Å². The number of rotatable bonds is 10. The first-order chi connectivity index (χ1) is 16.3. The maximum Gasteiger partial charge on any atom is 0.356 e. The monoisotopic (exact) mass is 474 g/mol. The van der Waals surface area contributed by atoms with Gasteiger partial charge in [0.1, 0.15) is 17.5 Å². The van der Waals surface area contributed by atoms with E-state index in [0.717, 1.165) is 10.7 Å². The van der Waals surface area contributed by atoms with Crippen molar-refractivity contribution in [3.63, 3.8) is 0 Å². The Morgan fingerprint density at radius 1 is 1.09 bits per heavy atom. The fraction of sp³-hybridized carbons (Fsp3) is 0.286. The molecule has 3 aromatic rings. The first-order valence-corrected chi connectivity index (χ1v) is 9.72. The maximum atomic E-state index is 12.1. The quantitative estimate of drug-likeness (QED) is 0.326. The molecule has 180 valence electrons. The summed E-state index contributed by atoms with van der Waals surface area (Å²) in [6, 6.07) is 7.99. The predicted molar refractivity (Wildman–Crippen MR) is 116 cm³/mol. The number of carboxylic acid groups (broad SMARTS) is 1. The molecule has 0 saturated carbocycles. The van der Waals surface area contributed by atoms with Crippen molar-refractivity contribution in [3.8, 4) is 23.0 Å². The summed E-state index contributed by atoms with van der Waals surface area (Å²) < 4.78 is 21.7. The van der Waals surface area contributed by atoms with Crippen LogP contribution in [0.2, 0.25) is 0 Å². The van der Waals surface area contributed by atoms with Gasteiger partial charge in [0.05, 0.1) is 45.5 Å². The number of ether oxygens (including phenoxy) is 4. The fourth-order valence-corrected chi connectivity index (χ4v) is 3.45. The Hall–Kier alpha value is -4.39. The second-order valence-corrected chi connectivity index (χ2v) is 6.88. The summed E-state index contributed by atoms with van der Waals surface area (Å²) in [5, 5.41) is 40.4. The molecule has 2 N–H and O–H groups in total. The topological polar surface area (TPSA) is 168 Å².